The summed E-state index contributed by atoms with van der Waals surface area (Å²) in [6, 6.07) is 11.1. The third-order valence-corrected chi connectivity index (χ3v) is 4.59. The van der Waals surface area contributed by atoms with E-state index in [1.54, 1.807) is 18.2 Å². The second-order valence-corrected chi connectivity index (χ2v) is 7.07. The maximum Gasteiger partial charge on any atom is 0.276 e. The number of hydrogen-bond donors (Lipinski definition) is 2. The van der Waals surface area contributed by atoms with Gasteiger partial charge in [0, 0.05) is 22.3 Å². The number of amides is 1. The Labute approximate surface area is 159 Å². The van der Waals surface area contributed by atoms with Crippen LogP contribution in [0.1, 0.15) is 11.1 Å². The number of aryl methyl sites for hydroxylation is 2. The summed E-state index contributed by atoms with van der Waals surface area (Å²) in [5.41, 5.74) is 3.87. The predicted octanol–water partition coefficient (Wildman–Crippen LogP) is 3.79. The monoisotopic (exact) mass is 380 g/mol. The third kappa shape index (κ3) is 3.31. The van der Waals surface area contributed by atoms with Crippen molar-refractivity contribution in [3.63, 3.8) is 0 Å². The van der Waals surface area contributed by atoms with Crippen molar-refractivity contribution in [1.29, 1.82) is 0 Å². The van der Waals surface area contributed by atoms with Crippen LogP contribution in [0.3, 0.4) is 0 Å². The number of rotatable bonds is 3. The van der Waals surface area contributed by atoms with Crippen molar-refractivity contribution in [3.8, 4) is 0 Å². The Morgan fingerprint density at radius 1 is 1.15 bits per heavy atom. The molecule has 0 radical (unpaired) electrons. The van der Waals surface area contributed by atoms with E-state index in [1.807, 2.05) is 32.0 Å². The van der Waals surface area contributed by atoms with Gasteiger partial charge in [0.1, 0.15) is 6.54 Å². The van der Waals surface area contributed by atoms with Crippen LogP contribution in [0, 0.1) is 13.8 Å². The van der Waals surface area contributed by atoms with Gasteiger partial charge in [0.2, 0.25) is 5.91 Å². The highest BCUT2D eigenvalue weighted by atomic mass is 35.5. The molecule has 0 saturated carbocycles. The molecule has 2 aromatic heterocycles. The number of aromatic nitrogens is 3. The van der Waals surface area contributed by atoms with E-state index in [0.29, 0.717) is 21.6 Å². The highest BCUT2D eigenvalue weighted by molar-refractivity contribution is 6.31. The molecule has 0 aliphatic heterocycles. The van der Waals surface area contributed by atoms with E-state index in [2.05, 4.69) is 15.4 Å². The SMILES string of the molecule is Cc1cc(C)cc(NC(=O)Cn2[nH]c3c(cnc4ccc(Cl)cc43)c2=O)c1. The topological polar surface area (TPSA) is 79.8 Å². The first-order valence-corrected chi connectivity index (χ1v) is 8.83. The molecule has 2 heterocycles. The fourth-order valence-electron chi connectivity index (χ4n) is 3.28. The lowest BCUT2D eigenvalue weighted by molar-refractivity contribution is -0.116. The molecule has 4 rings (SSSR count). The lowest BCUT2D eigenvalue weighted by Gasteiger charge is -2.07. The van der Waals surface area contributed by atoms with Crippen LogP contribution in [-0.4, -0.2) is 20.7 Å². The molecule has 136 valence electrons. The maximum absolute atomic E-state index is 12.6. The summed E-state index contributed by atoms with van der Waals surface area (Å²) in [5, 5.41) is 7.57. The number of H-pyrrole nitrogens is 1. The molecule has 1 amide bonds. The number of anilines is 1. The first-order valence-electron chi connectivity index (χ1n) is 8.45. The van der Waals surface area contributed by atoms with Gasteiger partial charge in [-0.3, -0.25) is 19.7 Å². The Morgan fingerprint density at radius 2 is 1.89 bits per heavy atom. The predicted molar refractivity (Wildman–Crippen MR) is 107 cm³/mol. The number of carbonyl (C=O) groups is 1. The fourth-order valence-corrected chi connectivity index (χ4v) is 3.45. The van der Waals surface area contributed by atoms with Gasteiger partial charge in [-0.2, -0.15) is 0 Å². The van der Waals surface area contributed by atoms with Gasteiger partial charge in [-0.15, -0.1) is 0 Å². The summed E-state index contributed by atoms with van der Waals surface area (Å²) in [6.45, 7) is 3.81. The molecule has 2 N–H and O–H groups in total. The van der Waals surface area contributed by atoms with Crippen LogP contribution in [0.5, 0.6) is 0 Å². The van der Waals surface area contributed by atoms with Crippen molar-refractivity contribution in [1.82, 2.24) is 14.8 Å². The number of hydrogen-bond acceptors (Lipinski definition) is 3. The van der Waals surface area contributed by atoms with Crippen molar-refractivity contribution in [3.05, 3.63) is 69.1 Å². The van der Waals surface area contributed by atoms with Gasteiger partial charge in [-0.25, -0.2) is 4.68 Å². The minimum atomic E-state index is -0.296. The zero-order chi connectivity index (χ0) is 19.1. The Hall–Kier alpha value is -3.12. The highest BCUT2D eigenvalue weighted by Crippen LogP contribution is 2.23. The smallest absolute Gasteiger partial charge is 0.276 e. The number of pyridine rings is 1. The van der Waals surface area contributed by atoms with Crippen molar-refractivity contribution in [2.45, 2.75) is 20.4 Å². The molecular formula is C20H17ClN4O2. The van der Waals surface area contributed by atoms with Gasteiger partial charge in [0.15, 0.2) is 0 Å². The number of benzene rings is 2. The van der Waals surface area contributed by atoms with E-state index in [0.717, 1.165) is 22.0 Å². The summed E-state index contributed by atoms with van der Waals surface area (Å²) in [4.78, 5) is 29.4. The summed E-state index contributed by atoms with van der Waals surface area (Å²) < 4.78 is 1.28. The Kier molecular flexibility index (Phi) is 4.20. The molecule has 0 spiro atoms. The van der Waals surface area contributed by atoms with Gasteiger partial charge in [-0.05, 0) is 55.3 Å². The second-order valence-electron chi connectivity index (χ2n) is 6.64. The van der Waals surface area contributed by atoms with Crippen LogP contribution in [0.15, 0.2) is 47.4 Å². The van der Waals surface area contributed by atoms with Crippen LogP contribution in [-0.2, 0) is 11.3 Å². The molecule has 0 saturated heterocycles. The summed E-state index contributed by atoms with van der Waals surface area (Å²) in [6.07, 6.45) is 1.52. The Bertz CT molecular complexity index is 1240. The van der Waals surface area contributed by atoms with E-state index in [-0.39, 0.29) is 18.0 Å². The summed E-state index contributed by atoms with van der Waals surface area (Å²) >= 11 is 6.08. The van der Waals surface area contributed by atoms with Crippen molar-refractivity contribution < 1.29 is 4.79 Å². The average Bonchev–Trinajstić information content (AvgIpc) is 2.90. The van der Waals surface area contributed by atoms with Crippen molar-refractivity contribution in [2.75, 3.05) is 5.32 Å². The largest absolute Gasteiger partial charge is 0.324 e. The normalized spacial score (nSPS) is 11.2. The van der Waals surface area contributed by atoms with E-state index < -0.39 is 0 Å². The van der Waals surface area contributed by atoms with Gasteiger partial charge in [0.25, 0.3) is 5.56 Å². The lowest BCUT2D eigenvalue weighted by Crippen LogP contribution is -2.26. The molecule has 0 fully saturated rings. The molecule has 2 aromatic carbocycles. The number of halogens is 1. The van der Waals surface area contributed by atoms with Crippen LogP contribution >= 0.6 is 11.6 Å². The Morgan fingerprint density at radius 3 is 2.63 bits per heavy atom. The minimum absolute atomic E-state index is 0.122. The molecule has 0 unspecified atom stereocenters. The highest BCUT2D eigenvalue weighted by Gasteiger charge is 2.13. The van der Waals surface area contributed by atoms with Crippen molar-refractivity contribution in [2.24, 2.45) is 0 Å². The van der Waals surface area contributed by atoms with Crippen LogP contribution < -0.4 is 10.9 Å². The molecule has 7 heteroatoms. The maximum atomic E-state index is 12.6. The van der Waals surface area contributed by atoms with Gasteiger partial charge < -0.3 is 5.32 Å². The summed E-state index contributed by atoms with van der Waals surface area (Å²) in [7, 11) is 0. The molecule has 27 heavy (non-hydrogen) atoms. The zero-order valence-corrected chi connectivity index (χ0v) is 15.6. The van der Waals surface area contributed by atoms with Crippen molar-refractivity contribution >= 4 is 45.0 Å². The molecule has 0 bridgehead atoms. The first-order chi connectivity index (χ1) is 12.9. The Balaban J connectivity index is 1.68. The summed E-state index contributed by atoms with van der Waals surface area (Å²) in [5.74, 6) is -0.288. The fraction of sp³-hybridized carbons (Fsp3) is 0.150. The van der Waals surface area contributed by atoms with Gasteiger partial charge in [-0.1, -0.05) is 17.7 Å². The molecule has 4 aromatic rings. The van der Waals surface area contributed by atoms with Gasteiger partial charge >= 0.3 is 0 Å². The van der Waals surface area contributed by atoms with Gasteiger partial charge in [0.05, 0.1) is 16.4 Å². The standard InChI is InChI=1S/C20H17ClN4O2/c1-11-5-12(2)7-14(6-11)23-18(26)10-25-20(27)16-9-22-17-4-3-13(21)8-15(17)19(16)24-25/h3-9,24H,10H2,1-2H3,(H,23,26). The van der Waals surface area contributed by atoms with Crippen LogP contribution in [0.4, 0.5) is 5.69 Å². The minimum Gasteiger partial charge on any atom is -0.324 e. The quantitative estimate of drug-likeness (QED) is 0.567. The first kappa shape index (κ1) is 17.3. The number of aromatic amines is 1. The van der Waals surface area contributed by atoms with E-state index >= 15 is 0 Å². The number of nitrogens with one attached hydrogen (secondary N) is 2. The third-order valence-electron chi connectivity index (χ3n) is 4.36. The van der Waals surface area contributed by atoms with Crippen LogP contribution in [0.2, 0.25) is 5.02 Å². The second kappa shape index (κ2) is 6.55. The number of nitrogens with zero attached hydrogens (tertiary/aromatic N) is 2. The average molecular weight is 381 g/mol. The molecule has 6 nitrogen and oxygen atoms in total. The molecular weight excluding hydrogens is 364 g/mol. The molecule has 0 aliphatic carbocycles. The molecule has 0 atom stereocenters. The molecule has 0 aliphatic rings. The van der Waals surface area contributed by atoms with E-state index in [4.69, 9.17) is 11.6 Å². The van der Waals surface area contributed by atoms with Crippen LogP contribution in [0.25, 0.3) is 21.8 Å². The zero-order valence-electron chi connectivity index (χ0n) is 14.8. The number of fused-ring (bicyclic) bond motifs is 3. The number of carbonyl (C=O) groups excluding carboxylic acids is 1. The van der Waals surface area contributed by atoms with E-state index in [9.17, 15) is 9.59 Å². The van der Waals surface area contributed by atoms with E-state index in [1.165, 1.54) is 10.9 Å². The lowest BCUT2D eigenvalue weighted by atomic mass is 10.1.